The van der Waals surface area contributed by atoms with E-state index in [0.29, 0.717) is 23.9 Å². The van der Waals surface area contributed by atoms with Crippen molar-refractivity contribution in [3.63, 3.8) is 0 Å². The Labute approximate surface area is 163 Å². The second kappa shape index (κ2) is 6.70. The molecule has 1 amide bonds. The molecule has 1 fully saturated rings. The molecule has 0 bridgehead atoms. The van der Waals surface area contributed by atoms with Gasteiger partial charge in [-0.3, -0.25) is 10.1 Å². The van der Waals surface area contributed by atoms with E-state index in [0.717, 1.165) is 22.5 Å². The highest BCUT2D eigenvalue weighted by molar-refractivity contribution is 7.15. The van der Waals surface area contributed by atoms with Gasteiger partial charge in [-0.25, -0.2) is 4.98 Å². The van der Waals surface area contributed by atoms with Crippen LogP contribution in [0.2, 0.25) is 0 Å². The highest BCUT2D eigenvalue weighted by Gasteiger charge is 2.51. The van der Waals surface area contributed by atoms with Crippen LogP contribution in [0.15, 0.2) is 24.3 Å². The van der Waals surface area contributed by atoms with Crippen molar-refractivity contribution >= 4 is 35.0 Å². The number of anilines is 1. The summed E-state index contributed by atoms with van der Waals surface area (Å²) in [7, 11) is -0.433. The standard InChI is InChI=1S/C19H23BN2O4S/c1-18(2)19(3,4)26-20(25-18)13-7-5-12(6-8-13)16(23)22-17-21-14-9-10-24-11-15(14)27-17/h5-8H,9-11H2,1-4H3,(H,21,22,23). The van der Waals surface area contributed by atoms with Crippen molar-refractivity contribution in [2.75, 3.05) is 11.9 Å². The van der Waals surface area contributed by atoms with Gasteiger partial charge in [0.1, 0.15) is 0 Å². The van der Waals surface area contributed by atoms with Gasteiger partial charge in [0.2, 0.25) is 0 Å². The summed E-state index contributed by atoms with van der Waals surface area (Å²) in [6.45, 7) is 9.35. The maximum absolute atomic E-state index is 12.5. The lowest BCUT2D eigenvalue weighted by molar-refractivity contribution is 0.00578. The van der Waals surface area contributed by atoms with Crippen molar-refractivity contribution in [2.45, 2.75) is 51.9 Å². The SMILES string of the molecule is CC1(C)OB(c2ccc(C(=O)Nc3nc4c(s3)COCC4)cc2)OC1(C)C. The van der Waals surface area contributed by atoms with Crippen molar-refractivity contribution in [3.05, 3.63) is 40.4 Å². The monoisotopic (exact) mass is 386 g/mol. The van der Waals surface area contributed by atoms with Gasteiger partial charge in [-0.15, -0.1) is 0 Å². The fourth-order valence-corrected chi connectivity index (χ4v) is 3.96. The minimum Gasteiger partial charge on any atom is -0.399 e. The average molecular weight is 386 g/mol. The highest BCUT2D eigenvalue weighted by Crippen LogP contribution is 2.36. The molecule has 0 saturated carbocycles. The fourth-order valence-electron chi connectivity index (χ4n) is 3.02. The van der Waals surface area contributed by atoms with Gasteiger partial charge in [0.05, 0.1) is 35.0 Å². The van der Waals surface area contributed by atoms with Gasteiger partial charge in [0, 0.05) is 12.0 Å². The van der Waals surface area contributed by atoms with Crippen molar-refractivity contribution in [3.8, 4) is 0 Å². The smallest absolute Gasteiger partial charge is 0.399 e. The van der Waals surface area contributed by atoms with E-state index >= 15 is 0 Å². The third kappa shape index (κ3) is 3.54. The lowest BCUT2D eigenvalue weighted by Crippen LogP contribution is -2.41. The molecule has 0 radical (unpaired) electrons. The van der Waals surface area contributed by atoms with E-state index in [-0.39, 0.29) is 17.1 Å². The third-order valence-electron chi connectivity index (χ3n) is 5.41. The zero-order valence-corrected chi connectivity index (χ0v) is 16.8. The summed E-state index contributed by atoms with van der Waals surface area (Å²) in [5, 5.41) is 3.50. The number of hydrogen-bond donors (Lipinski definition) is 1. The zero-order chi connectivity index (χ0) is 19.2. The van der Waals surface area contributed by atoms with Gasteiger partial charge >= 0.3 is 7.12 Å². The number of nitrogens with zero attached hydrogens (tertiary/aromatic N) is 1. The van der Waals surface area contributed by atoms with Crippen LogP contribution in [0.25, 0.3) is 0 Å². The van der Waals surface area contributed by atoms with Gasteiger partial charge in [0.25, 0.3) is 5.91 Å². The molecule has 0 aliphatic carbocycles. The number of benzene rings is 1. The van der Waals surface area contributed by atoms with Crippen LogP contribution in [-0.2, 0) is 27.1 Å². The molecule has 4 rings (SSSR count). The van der Waals surface area contributed by atoms with Gasteiger partial charge in [-0.2, -0.15) is 0 Å². The summed E-state index contributed by atoms with van der Waals surface area (Å²) in [6.07, 6.45) is 0.796. The Bertz CT molecular complexity index is 824. The number of aromatic nitrogens is 1. The molecule has 1 aromatic carbocycles. The van der Waals surface area contributed by atoms with Crippen LogP contribution in [0.3, 0.4) is 0 Å². The van der Waals surface area contributed by atoms with Crippen LogP contribution in [0.4, 0.5) is 5.13 Å². The predicted octanol–water partition coefficient (Wildman–Crippen LogP) is 2.77. The maximum Gasteiger partial charge on any atom is 0.494 e. The van der Waals surface area contributed by atoms with E-state index in [9.17, 15) is 4.79 Å². The largest absolute Gasteiger partial charge is 0.494 e. The van der Waals surface area contributed by atoms with Gasteiger partial charge in [-0.1, -0.05) is 23.5 Å². The summed E-state index contributed by atoms with van der Waals surface area (Å²) in [5.74, 6) is -0.178. The Morgan fingerprint density at radius 2 is 1.81 bits per heavy atom. The first-order chi connectivity index (χ1) is 12.7. The molecule has 0 spiro atoms. The predicted molar refractivity (Wildman–Crippen MR) is 106 cm³/mol. The van der Waals surface area contributed by atoms with E-state index in [1.165, 1.54) is 11.3 Å². The maximum atomic E-state index is 12.5. The van der Waals surface area contributed by atoms with Crippen molar-refractivity contribution < 1.29 is 18.8 Å². The van der Waals surface area contributed by atoms with Crippen LogP contribution in [0.1, 0.15) is 48.6 Å². The lowest BCUT2D eigenvalue weighted by Gasteiger charge is -2.32. The number of ether oxygens (including phenoxy) is 1. The number of rotatable bonds is 3. The number of carbonyl (C=O) groups is 1. The number of amides is 1. The Morgan fingerprint density at radius 1 is 1.15 bits per heavy atom. The van der Waals surface area contributed by atoms with Crippen LogP contribution < -0.4 is 10.8 Å². The quantitative estimate of drug-likeness (QED) is 0.822. The highest BCUT2D eigenvalue weighted by atomic mass is 32.1. The Hall–Kier alpha value is -1.74. The molecule has 142 valence electrons. The average Bonchev–Trinajstić information content (AvgIpc) is 3.12. The molecule has 1 saturated heterocycles. The number of fused-ring (bicyclic) bond motifs is 1. The summed E-state index contributed by atoms with van der Waals surface area (Å²) in [6, 6.07) is 7.31. The minimum absolute atomic E-state index is 0.178. The molecule has 27 heavy (non-hydrogen) atoms. The minimum atomic E-state index is -0.433. The molecular weight excluding hydrogens is 363 g/mol. The Balaban J connectivity index is 1.44. The summed E-state index contributed by atoms with van der Waals surface area (Å²) >= 11 is 1.47. The number of thiazole rings is 1. The Morgan fingerprint density at radius 3 is 2.44 bits per heavy atom. The second-order valence-electron chi connectivity index (χ2n) is 7.86. The number of hydrogen-bond acceptors (Lipinski definition) is 6. The summed E-state index contributed by atoms with van der Waals surface area (Å²) in [4.78, 5) is 18.1. The number of carbonyl (C=O) groups excluding carboxylic acids is 1. The molecule has 2 aliphatic heterocycles. The molecule has 2 aromatic rings. The van der Waals surface area contributed by atoms with Crippen LogP contribution in [-0.4, -0.2) is 35.8 Å². The molecule has 3 heterocycles. The van der Waals surface area contributed by atoms with Crippen LogP contribution in [0.5, 0.6) is 0 Å². The molecule has 2 aliphatic rings. The molecule has 1 aromatic heterocycles. The van der Waals surface area contributed by atoms with Crippen LogP contribution in [0, 0.1) is 0 Å². The molecule has 8 heteroatoms. The topological polar surface area (TPSA) is 69.7 Å². The second-order valence-corrected chi connectivity index (χ2v) is 8.94. The normalized spacial score (nSPS) is 20.4. The Kier molecular flexibility index (Phi) is 4.62. The summed E-state index contributed by atoms with van der Waals surface area (Å²) in [5.41, 5.74) is 1.72. The van der Waals surface area contributed by atoms with E-state index in [1.54, 1.807) is 12.1 Å². The first kappa shape index (κ1) is 18.6. The molecule has 0 atom stereocenters. The van der Waals surface area contributed by atoms with Gasteiger partial charge < -0.3 is 14.0 Å². The molecule has 1 N–H and O–H groups in total. The zero-order valence-electron chi connectivity index (χ0n) is 16.0. The lowest BCUT2D eigenvalue weighted by atomic mass is 9.79. The molecular formula is C19H23BN2O4S. The molecule has 6 nitrogen and oxygen atoms in total. The van der Waals surface area contributed by atoms with Gasteiger partial charge in [-0.05, 0) is 45.3 Å². The summed E-state index contributed by atoms with van der Waals surface area (Å²) < 4.78 is 17.5. The van der Waals surface area contributed by atoms with E-state index in [2.05, 4.69) is 10.3 Å². The van der Waals surface area contributed by atoms with E-state index in [4.69, 9.17) is 14.0 Å². The van der Waals surface area contributed by atoms with Crippen molar-refractivity contribution in [2.24, 2.45) is 0 Å². The molecule has 0 unspecified atom stereocenters. The number of nitrogens with one attached hydrogen (secondary N) is 1. The third-order valence-corrected chi connectivity index (χ3v) is 6.40. The fraction of sp³-hybridized carbons (Fsp3) is 0.474. The van der Waals surface area contributed by atoms with Gasteiger partial charge in [0.15, 0.2) is 5.13 Å². The van der Waals surface area contributed by atoms with Crippen LogP contribution >= 0.6 is 11.3 Å². The van der Waals surface area contributed by atoms with Crippen molar-refractivity contribution in [1.82, 2.24) is 4.98 Å². The van der Waals surface area contributed by atoms with E-state index in [1.807, 2.05) is 39.8 Å². The van der Waals surface area contributed by atoms with E-state index < -0.39 is 7.12 Å². The first-order valence-electron chi connectivity index (χ1n) is 9.08. The van der Waals surface area contributed by atoms with Crippen molar-refractivity contribution in [1.29, 1.82) is 0 Å². The first-order valence-corrected chi connectivity index (χ1v) is 9.90.